The maximum atomic E-state index is 12.2. The molecule has 14 nitrogen and oxygen atoms in total. The average molecular weight is 447 g/mol. The maximum absolute atomic E-state index is 12.2. The van der Waals surface area contributed by atoms with E-state index in [9.17, 15) is 45.3 Å². The van der Waals surface area contributed by atoms with Crippen molar-refractivity contribution in [2.45, 2.75) is 49.0 Å². The van der Waals surface area contributed by atoms with E-state index < -0.39 is 74.0 Å². The fraction of sp³-hybridized carbons (Fsp3) is 0.588. The molecular formula is C17H25N3O11. The Bertz CT molecular complexity index is 723. The van der Waals surface area contributed by atoms with Gasteiger partial charge in [-0.15, -0.1) is 0 Å². The fourth-order valence-electron chi connectivity index (χ4n) is 2.73. The number of aliphatic hydroxyl groups is 7. The SMILES string of the molecule is O=C(NNC(=O)C(O)C(OC1OC(CO)C(O)C(O)C1O)C(O)CO)c1ccncc1. The van der Waals surface area contributed by atoms with Gasteiger partial charge in [0.1, 0.15) is 36.6 Å². The van der Waals surface area contributed by atoms with Crippen molar-refractivity contribution in [3.63, 3.8) is 0 Å². The minimum Gasteiger partial charge on any atom is -0.394 e. The zero-order valence-electron chi connectivity index (χ0n) is 16.1. The number of hydrazine groups is 1. The third-order valence-corrected chi connectivity index (χ3v) is 4.53. The second-order valence-electron chi connectivity index (χ2n) is 6.67. The Kier molecular flexibility index (Phi) is 9.17. The standard InChI is InChI=1S/C17H25N3O11/c21-5-8(23)14(31-17-12(26)11(25)10(24)9(6-22)30-17)13(27)16(29)20-19-15(28)7-1-3-18-4-2-7/h1-4,8-14,17,21-27H,5-6H2,(H,19,28)(H,20,29). The summed E-state index contributed by atoms with van der Waals surface area (Å²) in [5, 5.41) is 68.2. The van der Waals surface area contributed by atoms with Crippen LogP contribution in [-0.4, -0.2) is 115 Å². The number of nitrogens with zero attached hydrogens (tertiary/aromatic N) is 1. The first-order valence-corrected chi connectivity index (χ1v) is 9.14. The molecule has 31 heavy (non-hydrogen) atoms. The summed E-state index contributed by atoms with van der Waals surface area (Å²) in [4.78, 5) is 27.9. The van der Waals surface area contributed by atoms with E-state index in [1.807, 2.05) is 10.9 Å². The van der Waals surface area contributed by atoms with Crippen molar-refractivity contribution in [2.75, 3.05) is 13.2 Å². The van der Waals surface area contributed by atoms with Gasteiger partial charge in [0.2, 0.25) is 0 Å². The zero-order chi connectivity index (χ0) is 23.1. The molecule has 2 amide bonds. The molecule has 1 fully saturated rings. The molecule has 0 radical (unpaired) electrons. The van der Waals surface area contributed by atoms with Crippen LogP contribution in [0.5, 0.6) is 0 Å². The normalized spacial score (nSPS) is 28.9. The highest BCUT2D eigenvalue weighted by Crippen LogP contribution is 2.24. The Labute approximate surface area is 175 Å². The largest absolute Gasteiger partial charge is 0.394 e. The Morgan fingerprint density at radius 3 is 2.29 bits per heavy atom. The van der Waals surface area contributed by atoms with E-state index in [4.69, 9.17) is 9.47 Å². The van der Waals surface area contributed by atoms with Gasteiger partial charge in [0.05, 0.1) is 13.2 Å². The molecule has 0 aliphatic carbocycles. The van der Waals surface area contributed by atoms with Crippen LogP contribution in [-0.2, 0) is 14.3 Å². The molecule has 8 atom stereocenters. The van der Waals surface area contributed by atoms with E-state index >= 15 is 0 Å². The van der Waals surface area contributed by atoms with E-state index in [1.165, 1.54) is 24.5 Å². The summed E-state index contributed by atoms with van der Waals surface area (Å²) >= 11 is 0. The molecule has 2 rings (SSSR count). The maximum Gasteiger partial charge on any atom is 0.270 e. The van der Waals surface area contributed by atoms with Crippen LogP contribution >= 0.6 is 0 Å². The van der Waals surface area contributed by atoms with Gasteiger partial charge in [-0.2, -0.15) is 0 Å². The van der Waals surface area contributed by atoms with Gasteiger partial charge in [-0.25, -0.2) is 0 Å². The Morgan fingerprint density at radius 1 is 1.06 bits per heavy atom. The molecule has 174 valence electrons. The highest BCUT2D eigenvalue weighted by atomic mass is 16.7. The summed E-state index contributed by atoms with van der Waals surface area (Å²) in [5.74, 6) is -1.98. The van der Waals surface area contributed by atoms with Crippen LogP contribution in [0, 0.1) is 0 Å². The topological polar surface area (TPSA) is 231 Å². The molecular weight excluding hydrogens is 422 g/mol. The third-order valence-electron chi connectivity index (χ3n) is 4.53. The van der Waals surface area contributed by atoms with Gasteiger partial charge in [0.25, 0.3) is 11.8 Å². The molecule has 0 aromatic carbocycles. The summed E-state index contributed by atoms with van der Waals surface area (Å²) in [6.07, 6.45) is -11.8. The van der Waals surface area contributed by atoms with E-state index in [2.05, 4.69) is 4.98 Å². The number of hydrogen-bond acceptors (Lipinski definition) is 12. The number of amides is 2. The molecule has 14 heteroatoms. The van der Waals surface area contributed by atoms with Crippen LogP contribution in [0.1, 0.15) is 10.4 Å². The van der Waals surface area contributed by atoms with Crippen molar-refractivity contribution >= 4 is 11.8 Å². The fourth-order valence-corrected chi connectivity index (χ4v) is 2.73. The van der Waals surface area contributed by atoms with Crippen LogP contribution in [0.3, 0.4) is 0 Å². The van der Waals surface area contributed by atoms with Gasteiger partial charge in [-0.3, -0.25) is 25.4 Å². The quantitative estimate of drug-likeness (QED) is 0.170. The molecule has 0 bridgehead atoms. The second-order valence-corrected chi connectivity index (χ2v) is 6.67. The monoisotopic (exact) mass is 447 g/mol. The Hall–Kier alpha value is -2.27. The minimum atomic E-state index is -2.19. The van der Waals surface area contributed by atoms with Crippen molar-refractivity contribution in [3.05, 3.63) is 30.1 Å². The molecule has 8 unspecified atom stereocenters. The Morgan fingerprint density at radius 2 is 1.71 bits per heavy atom. The first-order chi connectivity index (χ1) is 14.7. The minimum absolute atomic E-state index is 0.148. The molecule has 0 spiro atoms. The summed E-state index contributed by atoms with van der Waals surface area (Å²) in [7, 11) is 0. The van der Waals surface area contributed by atoms with E-state index in [-0.39, 0.29) is 5.56 Å². The lowest BCUT2D eigenvalue weighted by atomic mass is 9.99. The van der Waals surface area contributed by atoms with E-state index in [0.29, 0.717) is 0 Å². The van der Waals surface area contributed by atoms with Crippen LogP contribution in [0.25, 0.3) is 0 Å². The summed E-state index contributed by atoms with van der Waals surface area (Å²) in [5.41, 5.74) is 4.08. The number of nitrogens with one attached hydrogen (secondary N) is 2. The van der Waals surface area contributed by atoms with Gasteiger partial charge in [-0.05, 0) is 12.1 Å². The summed E-state index contributed by atoms with van der Waals surface area (Å²) < 4.78 is 10.3. The highest BCUT2D eigenvalue weighted by molar-refractivity contribution is 5.95. The number of carbonyl (C=O) groups is 2. The Balaban J connectivity index is 2.05. The number of carbonyl (C=O) groups excluding carboxylic acids is 2. The predicted octanol–water partition coefficient (Wildman–Crippen LogP) is -5.26. The lowest BCUT2D eigenvalue weighted by molar-refractivity contribution is -0.323. The van der Waals surface area contributed by atoms with Crippen LogP contribution in [0.2, 0.25) is 0 Å². The van der Waals surface area contributed by atoms with Crippen molar-refractivity contribution < 1.29 is 54.8 Å². The average Bonchev–Trinajstić information content (AvgIpc) is 2.80. The van der Waals surface area contributed by atoms with E-state index in [0.717, 1.165) is 0 Å². The number of pyridine rings is 1. The predicted molar refractivity (Wildman–Crippen MR) is 97.6 cm³/mol. The molecule has 0 saturated carbocycles. The number of ether oxygens (including phenoxy) is 2. The van der Waals surface area contributed by atoms with Gasteiger partial charge in [0.15, 0.2) is 12.4 Å². The van der Waals surface area contributed by atoms with E-state index in [1.54, 1.807) is 0 Å². The molecule has 1 aromatic rings. The van der Waals surface area contributed by atoms with Crippen molar-refractivity contribution in [2.24, 2.45) is 0 Å². The van der Waals surface area contributed by atoms with Crippen LogP contribution in [0.4, 0.5) is 0 Å². The molecule has 1 aromatic heterocycles. The number of aromatic nitrogens is 1. The van der Waals surface area contributed by atoms with Gasteiger partial charge >= 0.3 is 0 Å². The van der Waals surface area contributed by atoms with Crippen molar-refractivity contribution in [1.82, 2.24) is 15.8 Å². The van der Waals surface area contributed by atoms with Gasteiger partial charge in [-0.1, -0.05) is 0 Å². The van der Waals surface area contributed by atoms with Gasteiger partial charge in [0, 0.05) is 18.0 Å². The van der Waals surface area contributed by atoms with Crippen LogP contribution in [0.15, 0.2) is 24.5 Å². The van der Waals surface area contributed by atoms with Crippen LogP contribution < -0.4 is 10.9 Å². The van der Waals surface area contributed by atoms with Crippen molar-refractivity contribution in [1.29, 1.82) is 0 Å². The number of rotatable bonds is 8. The molecule has 1 saturated heterocycles. The molecule has 1 aliphatic rings. The zero-order valence-corrected chi connectivity index (χ0v) is 16.1. The molecule has 2 heterocycles. The number of aliphatic hydroxyl groups excluding tert-OH is 7. The smallest absolute Gasteiger partial charge is 0.270 e. The second kappa shape index (κ2) is 11.4. The number of hydrogen-bond donors (Lipinski definition) is 9. The van der Waals surface area contributed by atoms with Gasteiger partial charge < -0.3 is 45.2 Å². The third kappa shape index (κ3) is 6.13. The molecule has 1 aliphatic heterocycles. The summed E-state index contributed by atoms with van der Waals surface area (Å²) in [6.45, 7) is -1.74. The highest BCUT2D eigenvalue weighted by Gasteiger charge is 2.46. The first-order valence-electron chi connectivity index (χ1n) is 9.14. The lowest BCUT2D eigenvalue weighted by Gasteiger charge is -2.41. The lowest BCUT2D eigenvalue weighted by Crippen LogP contribution is -2.62. The summed E-state index contributed by atoms with van der Waals surface area (Å²) in [6, 6.07) is 2.72. The van der Waals surface area contributed by atoms with Crippen molar-refractivity contribution in [3.8, 4) is 0 Å². The first kappa shape index (κ1) is 25.0. The molecule has 9 N–H and O–H groups in total.